The summed E-state index contributed by atoms with van der Waals surface area (Å²) in [6.07, 6.45) is 3.69. The molecule has 84 valence electrons. The van der Waals surface area contributed by atoms with Crippen LogP contribution in [0.1, 0.15) is 12.0 Å². The van der Waals surface area contributed by atoms with Crippen molar-refractivity contribution in [2.45, 2.75) is 6.42 Å². The van der Waals surface area contributed by atoms with Gasteiger partial charge < -0.3 is 0 Å². The summed E-state index contributed by atoms with van der Waals surface area (Å²) >= 11 is 3.07. The molecule has 0 aliphatic rings. The molecule has 0 fully saturated rings. The van der Waals surface area contributed by atoms with Crippen LogP contribution in [0.5, 0.6) is 0 Å². The quantitative estimate of drug-likeness (QED) is 0.340. The Bertz CT molecular complexity index is 430. The Morgan fingerprint density at radius 2 is 2.19 bits per heavy atom. The monoisotopic (exact) mass is 287 g/mol. The number of hydrogen-bond donors (Lipinski definition) is 0. The molecule has 0 unspecified atom stereocenters. The number of nitrogens with zero attached hydrogens (tertiary/aromatic N) is 3. The van der Waals surface area contributed by atoms with Crippen molar-refractivity contribution < 1.29 is 8.78 Å². The standard InChI is InChI=1S/C10H8BrF2N3/c11-9-5-7(12)6-10(13)8(9)3-1-2-4-15-16-14/h1,3,5-6H,2,4H2. The third-order valence-electron chi connectivity index (χ3n) is 1.79. The van der Waals surface area contributed by atoms with Crippen molar-refractivity contribution in [3.8, 4) is 0 Å². The van der Waals surface area contributed by atoms with Gasteiger partial charge in [0.05, 0.1) is 0 Å². The van der Waals surface area contributed by atoms with Crippen LogP contribution in [0.2, 0.25) is 0 Å². The maximum Gasteiger partial charge on any atom is 0.134 e. The number of benzene rings is 1. The molecule has 3 nitrogen and oxygen atoms in total. The maximum atomic E-state index is 13.3. The molecule has 1 aromatic carbocycles. The predicted molar refractivity (Wildman–Crippen MR) is 61.7 cm³/mol. The minimum Gasteiger partial charge on any atom is -0.207 e. The zero-order valence-electron chi connectivity index (χ0n) is 8.20. The minimum atomic E-state index is -0.632. The highest BCUT2D eigenvalue weighted by molar-refractivity contribution is 9.10. The van der Waals surface area contributed by atoms with E-state index in [4.69, 9.17) is 5.53 Å². The zero-order chi connectivity index (χ0) is 12.0. The first-order valence-electron chi connectivity index (χ1n) is 4.47. The Morgan fingerprint density at radius 3 is 2.81 bits per heavy atom. The van der Waals surface area contributed by atoms with Gasteiger partial charge in [-0.2, -0.15) is 0 Å². The lowest BCUT2D eigenvalue weighted by Crippen LogP contribution is -1.87. The van der Waals surface area contributed by atoms with Crippen molar-refractivity contribution in [2.75, 3.05) is 6.54 Å². The molecule has 0 spiro atoms. The lowest BCUT2D eigenvalue weighted by Gasteiger charge is -2.00. The van der Waals surface area contributed by atoms with Crippen LogP contribution in [0, 0.1) is 11.6 Å². The highest BCUT2D eigenvalue weighted by Crippen LogP contribution is 2.23. The second kappa shape index (κ2) is 6.25. The van der Waals surface area contributed by atoms with Crippen LogP contribution in [0.15, 0.2) is 27.8 Å². The van der Waals surface area contributed by atoms with Crippen molar-refractivity contribution in [3.05, 3.63) is 50.3 Å². The molecule has 0 aliphatic carbocycles. The molecule has 0 heterocycles. The molecule has 0 bridgehead atoms. The van der Waals surface area contributed by atoms with Crippen LogP contribution >= 0.6 is 15.9 Å². The van der Waals surface area contributed by atoms with Gasteiger partial charge in [-0.15, -0.1) is 0 Å². The van der Waals surface area contributed by atoms with Crippen molar-refractivity contribution in [1.29, 1.82) is 0 Å². The average Bonchev–Trinajstić information content (AvgIpc) is 2.20. The fraction of sp³-hybridized carbons (Fsp3) is 0.200. The van der Waals surface area contributed by atoms with Gasteiger partial charge in [-0.05, 0) is 33.9 Å². The van der Waals surface area contributed by atoms with Gasteiger partial charge in [-0.1, -0.05) is 17.3 Å². The van der Waals surface area contributed by atoms with Crippen LogP contribution < -0.4 is 0 Å². The van der Waals surface area contributed by atoms with E-state index in [0.29, 0.717) is 17.4 Å². The Balaban J connectivity index is 2.77. The fourth-order valence-electron chi connectivity index (χ4n) is 1.09. The summed E-state index contributed by atoms with van der Waals surface area (Å²) in [6.45, 7) is 0.313. The first-order chi connectivity index (χ1) is 7.65. The van der Waals surface area contributed by atoms with E-state index in [9.17, 15) is 8.78 Å². The SMILES string of the molecule is [N-]=[N+]=NCCC=Cc1c(F)cc(F)cc1Br. The van der Waals surface area contributed by atoms with E-state index in [1.807, 2.05) is 0 Å². The Kier molecular flexibility index (Phi) is 4.95. The molecular weight excluding hydrogens is 280 g/mol. The average molecular weight is 288 g/mol. The van der Waals surface area contributed by atoms with Crippen LogP contribution in [-0.4, -0.2) is 6.54 Å². The highest BCUT2D eigenvalue weighted by atomic mass is 79.9. The largest absolute Gasteiger partial charge is 0.207 e. The number of rotatable bonds is 4. The molecule has 0 radical (unpaired) electrons. The summed E-state index contributed by atoms with van der Waals surface area (Å²) in [5.41, 5.74) is 8.31. The summed E-state index contributed by atoms with van der Waals surface area (Å²) in [6, 6.07) is 2.01. The van der Waals surface area contributed by atoms with Crippen LogP contribution in [0.3, 0.4) is 0 Å². The van der Waals surface area contributed by atoms with E-state index in [1.54, 1.807) is 6.08 Å². The highest BCUT2D eigenvalue weighted by Gasteiger charge is 2.05. The summed E-state index contributed by atoms with van der Waals surface area (Å²) in [4.78, 5) is 2.59. The van der Waals surface area contributed by atoms with Crippen LogP contribution in [-0.2, 0) is 0 Å². The first-order valence-corrected chi connectivity index (χ1v) is 5.26. The van der Waals surface area contributed by atoms with Gasteiger partial charge in [0, 0.05) is 27.6 Å². The lowest BCUT2D eigenvalue weighted by molar-refractivity contribution is 0.580. The van der Waals surface area contributed by atoms with E-state index in [2.05, 4.69) is 26.0 Å². The smallest absolute Gasteiger partial charge is 0.134 e. The molecule has 0 aliphatic heterocycles. The van der Waals surface area contributed by atoms with Gasteiger partial charge in [-0.25, -0.2) is 8.78 Å². The molecule has 1 aromatic rings. The topological polar surface area (TPSA) is 48.8 Å². The van der Waals surface area contributed by atoms with Crippen molar-refractivity contribution >= 4 is 22.0 Å². The summed E-state index contributed by atoms with van der Waals surface area (Å²) in [5, 5.41) is 3.33. The van der Waals surface area contributed by atoms with Crippen LogP contribution in [0.25, 0.3) is 16.5 Å². The third kappa shape index (κ3) is 3.64. The molecule has 0 atom stereocenters. The summed E-state index contributed by atoms with van der Waals surface area (Å²) in [5.74, 6) is -1.26. The molecule has 0 N–H and O–H groups in total. The number of halogens is 3. The van der Waals surface area contributed by atoms with Gasteiger partial charge >= 0.3 is 0 Å². The zero-order valence-corrected chi connectivity index (χ0v) is 9.79. The second-order valence-corrected chi connectivity index (χ2v) is 3.78. The van der Waals surface area contributed by atoms with E-state index in [1.165, 1.54) is 12.1 Å². The van der Waals surface area contributed by atoms with E-state index < -0.39 is 11.6 Å². The van der Waals surface area contributed by atoms with Gasteiger partial charge in [0.2, 0.25) is 0 Å². The number of hydrogen-bond acceptors (Lipinski definition) is 1. The molecule has 0 saturated carbocycles. The number of azide groups is 1. The molecule has 0 amide bonds. The van der Waals surface area contributed by atoms with E-state index in [-0.39, 0.29) is 5.56 Å². The normalized spacial score (nSPS) is 10.4. The van der Waals surface area contributed by atoms with E-state index >= 15 is 0 Å². The van der Waals surface area contributed by atoms with Crippen LogP contribution in [0.4, 0.5) is 8.78 Å². The molecule has 6 heteroatoms. The Hall–Kier alpha value is -1.39. The lowest BCUT2D eigenvalue weighted by atomic mass is 10.2. The molecule has 0 saturated heterocycles. The van der Waals surface area contributed by atoms with Gasteiger partial charge in [0.15, 0.2) is 0 Å². The van der Waals surface area contributed by atoms with Gasteiger partial charge in [0.25, 0.3) is 0 Å². The van der Waals surface area contributed by atoms with Crippen molar-refractivity contribution in [1.82, 2.24) is 0 Å². The van der Waals surface area contributed by atoms with Crippen molar-refractivity contribution in [3.63, 3.8) is 0 Å². The first kappa shape index (κ1) is 12.7. The minimum absolute atomic E-state index is 0.280. The molecule has 0 aromatic heterocycles. The summed E-state index contributed by atoms with van der Waals surface area (Å²) < 4.78 is 26.4. The second-order valence-electron chi connectivity index (χ2n) is 2.93. The Morgan fingerprint density at radius 1 is 1.44 bits per heavy atom. The van der Waals surface area contributed by atoms with E-state index in [0.717, 1.165) is 6.07 Å². The molecule has 16 heavy (non-hydrogen) atoms. The summed E-state index contributed by atoms with van der Waals surface area (Å²) in [7, 11) is 0. The van der Waals surface area contributed by atoms with Crippen molar-refractivity contribution in [2.24, 2.45) is 5.11 Å². The van der Waals surface area contributed by atoms with Gasteiger partial charge in [-0.3, -0.25) is 0 Å². The van der Waals surface area contributed by atoms with Gasteiger partial charge in [0.1, 0.15) is 11.6 Å². The Labute approximate surface area is 99.5 Å². The third-order valence-corrected chi connectivity index (χ3v) is 2.44. The molecular formula is C10H8BrF2N3. The molecule has 1 rings (SSSR count). The maximum absolute atomic E-state index is 13.3. The predicted octanol–water partition coefficient (Wildman–Crippen LogP) is 4.44. The fourth-order valence-corrected chi connectivity index (χ4v) is 1.63.